The third-order valence-corrected chi connectivity index (χ3v) is 4.90. The van der Waals surface area contributed by atoms with Gasteiger partial charge in [0.05, 0.1) is 0 Å². The molecule has 0 aromatic heterocycles. The highest BCUT2D eigenvalue weighted by Crippen LogP contribution is 2.33. The van der Waals surface area contributed by atoms with Crippen molar-refractivity contribution in [2.45, 2.75) is 24.3 Å². The highest BCUT2D eigenvalue weighted by molar-refractivity contribution is 7.86. The number of hydrogen-bond donors (Lipinski definition) is 1. The van der Waals surface area contributed by atoms with Crippen LogP contribution >= 0.6 is 0 Å². The van der Waals surface area contributed by atoms with Gasteiger partial charge >= 0.3 is 16.1 Å². The van der Waals surface area contributed by atoms with Gasteiger partial charge in [-0.25, -0.2) is 4.79 Å². The Morgan fingerprint density at radius 1 is 0.917 bits per heavy atom. The van der Waals surface area contributed by atoms with E-state index in [1.807, 2.05) is 65.6 Å². The molecule has 0 radical (unpaired) electrons. The van der Waals surface area contributed by atoms with Crippen LogP contribution in [0.4, 0.5) is 11.4 Å². The maximum absolute atomic E-state index is 12.4. The van der Waals surface area contributed by atoms with Crippen LogP contribution < -0.4 is 4.90 Å². The molecule has 6 nitrogen and oxygen atoms in total. The molecular weight excluding hydrogens is 330 g/mol. The smallest absolute Gasteiger partial charge is 0.330 e. The Bertz CT molecular complexity index is 768. The number of nitrogens with zero attached hydrogens (tertiary/aromatic N) is 1. The summed E-state index contributed by atoms with van der Waals surface area (Å²) >= 11 is 0. The van der Waals surface area contributed by atoms with E-state index in [-0.39, 0.29) is 12.8 Å². The zero-order valence-electron chi connectivity index (χ0n) is 12.8. The lowest BCUT2D eigenvalue weighted by Gasteiger charge is -2.36. The predicted octanol–water partition coefficient (Wildman–Crippen LogP) is 2.74. The summed E-state index contributed by atoms with van der Waals surface area (Å²) in [5.41, 5.74) is 0.113. The zero-order chi connectivity index (χ0) is 17.2. The van der Waals surface area contributed by atoms with Gasteiger partial charge < -0.3 is 9.64 Å². The number of rotatable bonds is 4. The van der Waals surface area contributed by atoms with Crippen LogP contribution in [0.5, 0.6) is 0 Å². The number of para-hydroxylation sites is 2. The van der Waals surface area contributed by atoms with E-state index in [0.29, 0.717) is 0 Å². The summed E-state index contributed by atoms with van der Waals surface area (Å²) in [6.45, 7) is 0. The van der Waals surface area contributed by atoms with Crippen LogP contribution in [0.1, 0.15) is 12.8 Å². The molecule has 2 atom stereocenters. The number of anilines is 2. The van der Waals surface area contributed by atoms with Gasteiger partial charge in [0.25, 0.3) is 0 Å². The molecule has 1 aliphatic heterocycles. The van der Waals surface area contributed by atoms with Gasteiger partial charge in [0, 0.05) is 17.8 Å². The molecule has 2 aromatic carbocycles. The molecule has 2 aromatic rings. The van der Waals surface area contributed by atoms with Gasteiger partial charge in [0.2, 0.25) is 5.44 Å². The molecule has 2 unspecified atom stereocenters. The number of carbonyl (C=O) groups excluding carboxylic acids is 1. The average Bonchev–Trinajstić information content (AvgIpc) is 2.58. The lowest BCUT2D eigenvalue weighted by molar-refractivity contribution is -0.151. The summed E-state index contributed by atoms with van der Waals surface area (Å²) in [4.78, 5) is 14.2. The predicted molar refractivity (Wildman–Crippen MR) is 89.5 cm³/mol. The molecule has 0 aliphatic carbocycles. The molecule has 1 saturated heterocycles. The van der Waals surface area contributed by atoms with Crippen molar-refractivity contribution >= 4 is 27.5 Å². The monoisotopic (exact) mass is 347 g/mol. The van der Waals surface area contributed by atoms with Gasteiger partial charge in [-0.2, -0.15) is 8.42 Å². The molecule has 0 amide bonds. The van der Waals surface area contributed by atoms with Gasteiger partial charge in [-0.1, -0.05) is 36.4 Å². The van der Waals surface area contributed by atoms with Gasteiger partial charge in [-0.3, -0.25) is 4.55 Å². The number of cyclic esters (lactones) is 1. The molecule has 3 rings (SSSR count). The first-order valence-electron chi connectivity index (χ1n) is 7.53. The van der Waals surface area contributed by atoms with Crippen molar-refractivity contribution in [3.63, 3.8) is 0 Å². The van der Waals surface area contributed by atoms with Crippen LogP contribution in [-0.4, -0.2) is 30.4 Å². The highest BCUT2D eigenvalue weighted by Gasteiger charge is 2.40. The Labute approximate surface area is 140 Å². The second kappa shape index (κ2) is 6.62. The van der Waals surface area contributed by atoms with Crippen molar-refractivity contribution in [2.75, 3.05) is 4.90 Å². The van der Waals surface area contributed by atoms with E-state index >= 15 is 0 Å². The third-order valence-electron chi connectivity index (χ3n) is 3.91. The Kier molecular flexibility index (Phi) is 4.55. The first-order valence-corrected chi connectivity index (χ1v) is 9.03. The molecule has 1 aliphatic rings. The van der Waals surface area contributed by atoms with Crippen molar-refractivity contribution in [3.8, 4) is 0 Å². The van der Waals surface area contributed by atoms with Crippen LogP contribution in [0, 0.1) is 0 Å². The lowest BCUT2D eigenvalue weighted by Crippen LogP contribution is -2.46. The molecule has 1 fully saturated rings. The minimum absolute atomic E-state index is 0.0470. The molecule has 0 saturated carbocycles. The van der Waals surface area contributed by atoms with Gasteiger partial charge in [0.1, 0.15) is 6.04 Å². The summed E-state index contributed by atoms with van der Waals surface area (Å²) in [7, 11) is -4.40. The Morgan fingerprint density at radius 2 is 1.42 bits per heavy atom. The average molecular weight is 347 g/mol. The molecule has 0 bridgehead atoms. The van der Waals surface area contributed by atoms with Gasteiger partial charge in [-0.15, -0.1) is 0 Å². The van der Waals surface area contributed by atoms with E-state index in [1.165, 1.54) is 0 Å². The minimum Gasteiger partial charge on any atom is -0.442 e. The second-order valence-corrected chi connectivity index (χ2v) is 7.07. The Hall–Kier alpha value is -2.38. The number of benzene rings is 2. The second-order valence-electron chi connectivity index (χ2n) is 5.52. The highest BCUT2D eigenvalue weighted by atomic mass is 32.2. The van der Waals surface area contributed by atoms with Crippen molar-refractivity contribution in [2.24, 2.45) is 0 Å². The van der Waals surface area contributed by atoms with Crippen molar-refractivity contribution in [3.05, 3.63) is 60.7 Å². The fraction of sp³-hybridized carbons (Fsp3) is 0.235. The standard InChI is InChI=1S/C17H17NO5S/c19-17-15(11-12-16(23-17)24(20,21)22)18(13-7-3-1-4-8-13)14-9-5-2-6-10-14/h1-10,15-16H,11-12H2,(H,20,21,22). The summed E-state index contributed by atoms with van der Waals surface area (Å²) in [6.07, 6.45) is 0.304. The van der Waals surface area contributed by atoms with Crippen LogP contribution in [0.3, 0.4) is 0 Å². The molecule has 1 heterocycles. The molecule has 1 N–H and O–H groups in total. The summed E-state index contributed by atoms with van der Waals surface area (Å²) in [5, 5.41) is 0. The Balaban J connectivity index is 1.94. The van der Waals surface area contributed by atoms with Crippen molar-refractivity contribution in [1.82, 2.24) is 0 Å². The summed E-state index contributed by atoms with van der Waals surface area (Å²) < 4.78 is 36.5. The van der Waals surface area contributed by atoms with Crippen molar-refractivity contribution in [1.29, 1.82) is 0 Å². The van der Waals surface area contributed by atoms with Crippen LogP contribution in [-0.2, 0) is 19.6 Å². The first kappa shape index (κ1) is 16.5. The van der Waals surface area contributed by atoms with Crippen LogP contribution in [0.25, 0.3) is 0 Å². The maximum atomic E-state index is 12.4. The fourth-order valence-corrected chi connectivity index (χ4v) is 3.46. The molecule has 24 heavy (non-hydrogen) atoms. The lowest BCUT2D eigenvalue weighted by atomic mass is 10.1. The SMILES string of the molecule is O=C1OC(S(=O)(=O)O)CCC1N(c1ccccc1)c1ccccc1. The minimum atomic E-state index is -4.40. The molecule has 0 spiro atoms. The van der Waals surface area contributed by atoms with E-state index in [2.05, 4.69) is 0 Å². The van der Waals surface area contributed by atoms with Gasteiger partial charge in [0.15, 0.2) is 0 Å². The number of hydrogen-bond acceptors (Lipinski definition) is 5. The summed E-state index contributed by atoms with van der Waals surface area (Å²) in [6, 6.07) is 18.0. The first-order chi connectivity index (χ1) is 11.5. The molecule has 7 heteroatoms. The molecule has 126 valence electrons. The van der Waals surface area contributed by atoms with E-state index < -0.39 is 27.6 Å². The molecular formula is C17H17NO5S. The van der Waals surface area contributed by atoms with Crippen LogP contribution in [0.15, 0.2) is 60.7 Å². The topological polar surface area (TPSA) is 83.9 Å². The summed E-state index contributed by atoms with van der Waals surface area (Å²) in [5.74, 6) is -0.670. The normalized spacial score (nSPS) is 21.1. The zero-order valence-corrected chi connectivity index (χ0v) is 13.6. The number of carbonyl (C=O) groups is 1. The van der Waals surface area contributed by atoms with E-state index in [4.69, 9.17) is 9.29 Å². The largest absolute Gasteiger partial charge is 0.442 e. The van der Waals surface area contributed by atoms with Crippen molar-refractivity contribution < 1.29 is 22.5 Å². The maximum Gasteiger partial charge on any atom is 0.330 e. The van der Waals surface area contributed by atoms with E-state index in [1.54, 1.807) is 0 Å². The Morgan fingerprint density at radius 3 is 1.83 bits per heavy atom. The fourth-order valence-electron chi connectivity index (χ4n) is 2.81. The van der Waals surface area contributed by atoms with Crippen LogP contribution in [0.2, 0.25) is 0 Å². The quantitative estimate of drug-likeness (QED) is 0.676. The van der Waals surface area contributed by atoms with E-state index in [0.717, 1.165) is 11.4 Å². The van der Waals surface area contributed by atoms with E-state index in [9.17, 15) is 13.2 Å². The number of ether oxygens (including phenoxy) is 1. The van der Waals surface area contributed by atoms with Gasteiger partial charge in [-0.05, 0) is 30.7 Å². The third kappa shape index (κ3) is 3.42. The number of esters is 1.